The second-order valence-electron chi connectivity index (χ2n) is 10.4. The summed E-state index contributed by atoms with van der Waals surface area (Å²) in [4.78, 5) is 1.61. The van der Waals surface area contributed by atoms with Crippen LogP contribution in [0.5, 0.6) is 0 Å². The lowest BCUT2D eigenvalue weighted by Gasteiger charge is -2.46. The van der Waals surface area contributed by atoms with Gasteiger partial charge in [-0.2, -0.15) is 13.1 Å². The van der Waals surface area contributed by atoms with Crippen LogP contribution < -0.4 is 4.90 Å². The number of aromatic nitrogens is 3. The highest BCUT2D eigenvalue weighted by Crippen LogP contribution is 2.57. The molecule has 0 radical (unpaired) electrons. The Kier molecular flexibility index (Phi) is 4.86. The first-order valence-electron chi connectivity index (χ1n) is 12.2. The van der Waals surface area contributed by atoms with Gasteiger partial charge >= 0.3 is 0 Å². The predicted molar refractivity (Wildman–Crippen MR) is 125 cm³/mol. The Bertz CT molecular complexity index is 1470. The van der Waals surface area contributed by atoms with Gasteiger partial charge in [-0.25, -0.2) is 17.2 Å². The number of hydrogen-bond donors (Lipinski definition) is 0. The van der Waals surface area contributed by atoms with Crippen LogP contribution in [0.1, 0.15) is 40.8 Å². The lowest BCUT2D eigenvalue weighted by Crippen LogP contribution is -2.56. The van der Waals surface area contributed by atoms with E-state index in [0.717, 1.165) is 6.07 Å². The first-order chi connectivity index (χ1) is 17.7. The molecule has 1 unspecified atom stereocenters. The van der Waals surface area contributed by atoms with Crippen LogP contribution in [0.3, 0.4) is 0 Å². The van der Waals surface area contributed by atoms with Gasteiger partial charge in [0.1, 0.15) is 23.7 Å². The summed E-state index contributed by atoms with van der Waals surface area (Å²) in [5.74, 6) is -5.72. The van der Waals surface area contributed by atoms with Gasteiger partial charge in [0, 0.05) is 49.1 Å². The number of benzene rings is 2. The van der Waals surface area contributed by atoms with Crippen LogP contribution >= 0.6 is 0 Å². The fourth-order valence-corrected chi connectivity index (χ4v) is 8.88. The molecule has 37 heavy (non-hydrogen) atoms. The molecular weight excluding hydrogens is 510 g/mol. The van der Waals surface area contributed by atoms with E-state index in [1.807, 2.05) is 4.57 Å². The maximum atomic E-state index is 15.9. The maximum absolute atomic E-state index is 15.9. The van der Waals surface area contributed by atoms with Crippen molar-refractivity contribution in [2.75, 3.05) is 18.0 Å². The minimum absolute atomic E-state index is 0.0256. The molecule has 3 aromatic rings. The molecule has 7 nitrogen and oxygen atoms in total. The van der Waals surface area contributed by atoms with Crippen LogP contribution in [-0.4, -0.2) is 46.6 Å². The van der Waals surface area contributed by atoms with E-state index in [2.05, 4.69) is 10.2 Å². The number of alkyl halides is 2. The molecule has 2 aromatic carbocycles. The van der Waals surface area contributed by atoms with Crippen molar-refractivity contribution in [2.45, 2.75) is 42.6 Å². The molecule has 1 aromatic heterocycles. The summed E-state index contributed by atoms with van der Waals surface area (Å²) in [6.07, 6.45) is 3.03. The van der Waals surface area contributed by atoms with Gasteiger partial charge in [-0.3, -0.25) is 0 Å². The number of anilines is 1. The molecule has 0 bridgehead atoms. The summed E-state index contributed by atoms with van der Waals surface area (Å²) in [6, 6.07) is 7.72. The SMILES string of the molecule is O=S1(=O)[C@H](c2ccccc2)CC[C@H]2N1Cc1c(F)cc(N3C[C@@H]4C(n5cnnc5)[C@@H]4C3)c(F)c1C2(F)F. The largest absolute Gasteiger partial charge is 0.368 e. The Morgan fingerprint density at radius 1 is 0.973 bits per heavy atom. The van der Waals surface area contributed by atoms with Gasteiger partial charge in [0.05, 0.1) is 17.3 Å². The number of fused-ring (bicyclic) bond motifs is 3. The van der Waals surface area contributed by atoms with E-state index in [1.54, 1.807) is 47.9 Å². The molecule has 4 heterocycles. The van der Waals surface area contributed by atoms with E-state index in [1.165, 1.54) is 0 Å². The number of halogens is 4. The summed E-state index contributed by atoms with van der Waals surface area (Å²) in [5.41, 5.74) is -1.30. The van der Waals surface area contributed by atoms with Crippen LogP contribution in [0.15, 0.2) is 49.1 Å². The highest BCUT2D eigenvalue weighted by atomic mass is 32.2. The zero-order valence-electron chi connectivity index (χ0n) is 19.5. The fraction of sp³-hybridized carbons (Fsp3) is 0.440. The van der Waals surface area contributed by atoms with Crippen LogP contribution in [0.25, 0.3) is 0 Å². The number of nitrogens with zero attached hydrogens (tertiary/aromatic N) is 5. The molecule has 5 atom stereocenters. The Labute approximate surface area is 210 Å². The zero-order valence-corrected chi connectivity index (χ0v) is 20.3. The third-order valence-electron chi connectivity index (χ3n) is 8.54. The summed E-state index contributed by atoms with van der Waals surface area (Å²) in [5, 5.41) is 6.60. The summed E-state index contributed by atoms with van der Waals surface area (Å²) >= 11 is 0. The summed E-state index contributed by atoms with van der Waals surface area (Å²) in [7, 11) is -4.23. The second-order valence-corrected chi connectivity index (χ2v) is 12.5. The lowest BCUT2D eigenvalue weighted by atomic mass is 9.87. The monoisotopic (exact) mass is 533 g/mol. The standard InChI is InChI=1S/C25H23F4N5O2S/c26-18-8-19(32-9-15-16(10-32)24(15)33-12-30-31-13-33)23(27)22-17(18)11-34-21(25(22,28)29)7-6-20(37(34,35)36)14-4-2-1-3-5-14/h1-5,8,12-13,15-16,20-21,24H,6-7,9-11H2/t15-,16+,20-,21+,24?/m0/s1. The molecule has 2 saturated heterocycles. The molecule has 4 aliphatic rings. The topological polar surface area (TPSA) is 71.3 Å². The van der Waals surface area contributed by atoms with Gasteiger partial charge in [-0.1, -0.05) is 30.3 Å². The van der Waals surface area contributed by atoms with Crippen molar-refractivity contribution in [3.8, 4) is 0 Å². The molecule has 1 aliphatic carbocycles. The number of rotatable bonds is 3. The highest BCUT2D eigenvalue weighted by molar-refractivity contribution is 7.89. The first-order valence-corrected chi connectivity index (χ1v) is 13.7. The van der Waals surface area contributed by atoms with Gasteiger partial charge < -0.3 is 9.47 Å². The van der Waals surface area contributed by atoms with Crippen molar-refractivity contribution in [1.29, 1.82) is 0 Å². The third kappa shape index (κ3) is 3.24. The van der Waals surface area contributed by atoms with E-state index >= 15 is 17.6 Å². The maximum Gasteiger partial charge on any atom is 0.292 e. The Morgan fingerprint density at radius 2 is 1.65 bits per heavy atom. The van der Waals surface area contributed by atoms with Crippen molar-refractivity contribution in [1.82, 2.24) is 19.1 Å². The molecule has 7 rings (SSSR count). The summed E-state index contributed by atoms with van der Waals surface area (Å²) in [6.45, 7) is 0.180. The van der Waals surface area contributed by atoms with Gasteiger partial charge in [-0.05, 0) is 18.4 Å². The second kappa shape index (κ2) is 7.76. The molecule has 12 heteroatoms. The van der Waals surface area contributed by atoms with E-state index in [4.69, 9.17) is 0 Å². The fourth-order valence-electron chi connectivity index (χ4n) is 6.71. The van der Waals surface area contributed by atoms with Gasteiger partial charge in [-0.15, -0.1) is 10.2 Å². The number of hydrogen-bond acceptors (Lipinski definition) is 5. The minimum Gasteiger partial charge on any atom is -0.368 e. The van der Waals surface area contributed by atoms with Crippen molar-refractivity contribution in [2.24, 2.45) is 11.8 Å². The minimum atomic E-state index is -4.23. The van der Waals surface area contributed by atoms with Crippen LogP contribution in [0, 0.1) is 23.5 Å². The van der Waals surface area contributed by atoms with Crippen LogP contribution in [-0.2, 0) is 22.5 Å². The Morgan fingerprint density at radius 3 is 2.32 bits per heavy atom. The molecular formula is C25H23F4N5O2S. The van der Waals surface area contributed by atoms with Crippen molar-refractivity contribution < 1.29 is 26.0 Å². The quantitative estimate of drug-likeness (QED) is 0.476. The van der Waals surface area contributed by atoms with Crippen LogP contribution in [0.2, 0.25) is 0 Å². The highest BCUT2D eigenvalue weighted by Gasteiger charge is 2.60. The molecule has 3 aliphatic heterocycles. The lowest BCUT2D eigenvalue weighted by molar-refractivity contribution is -0.0897. The normalized spacial score (nSPS) is 31.5. The van der Waals surface area contributed by atoms with E-state index in [9.17, 15) is 8.42 Å². The smallest absolute Gasteiger partial charge is 0.292 e. The van der Waals surface area contributed by atoms with Crippen LogP contribution in [0.4, 0.5) is 23.2 Å². The molecule has 194 valence electrons. The molecule has 0 amide bonds. The van der Waals surface area contributed by atoms with Gasteiger partial charge in [0.2, 0.25) is 10.0 Å². The number of sulfonamides is 1. The molecule has 0 N–H and O–H groups in total. The van der Waals surface area contributed by atoms with Crippen molar-refractivity contribution in [3.63, 3.8) is 0 Å². The average molecular weight is 534 g/mol. The van der Waals surface area contributed by atoms with E-state index in [0.29, 0.717) is 23.0 Å². The number of piperidine rings is 1. The Balaban J connectivity index is 1.23. The van der Waals surface area contributed by atoms with Gasteiger partial charge in [0.25, 0.3) is 5.92 Å². The third-order valence-corrected chi connectivity index (χ3v) is 10.8. The molecule has 0 spiro atoms. The first kappa shape index (κ1) is 23.2. The van der Waals surface area contributed by atoms with Crippen molar-refractivity contribution in [3.05, 3.63) is 77.4 Å². The van der Waals surface area contributed by atoms with E-state index in [-0.39, 0.29) is 36.4 Å². The van der Waals surface area contributed by atoms with Crippen molar-refractivity contribution >= 4 is 15.7 Å². The summed E-state index contributed by atoms with van der Waals surface area (Å²) < 4.78 is 92.4. The Hall–Kier alpha value is -2.99. The van der Waals surface area contributed by atoms with Gasteiger partial charge in [0.15, 0.2) is 5.82 Å². The predicted octanol–water partition coefficient (Wildman–Crippen LogP) is 4.00. The zero-order chi connectivity index (χ0) is 25.7. The average Bonchev–Trinajstić information content (AvgIpc) is 3.23. The molecule has 1 saturated carbocycles. The molecule has 3 fully saturated rings. The van der Waals surface area contributed by atoms with E-state index < -0.39 is 56.5 Å².